The number of hydrogen-bond acceptors (Lipinski definition) is 2. The zero-order valence-electron chi connectivity index (χ0n) is 12.0. The minimum Gasteiger partial charge on any atom is -0.312 e. The normalized spacial score (nSPS) is 24.7. The molecule has 0 radical (unpaired) electrons. The second-order valence-corrected chi connectivity index (χ2v) is 6.09. The van der Waals surface area contributed by atoms with Gasteiger partial charge in [-0.25, -0.2) is 0 Å². The molecule has 1 saturated carbocycles. The fraction of sp³-hybridized carbons (Fsp3) is 0.800. The van der Waals surface area contributed by atoms with E-state index in [1.165, 1.54) is 31.2 Å². The lowest BCUT2D eigenvalue weighted by Crippen LogP contribution is -2.36. The van der Waals surface area contributed by atoms with Gasteiger partial charge in [-0.1, -0.05) is 13.8 Å². The van der Waals surface area contributed by atoms with Gasteiger partial charge in [0.1, 0.15) is 0 Å². The molecule has 2 rings (SSSR count). The molecule has 0 aliphatic heterocycles. The molecule has 3 nitrogen and oxygen atoms in total. The van der Waals surface area contributed by atoms with Crippen LogP contribution in [-0.4, -0.2) is 22.4 Å². The Morgan fingerprint density at radius 1 is 1.33 bits per heavy atom. The van der Waals surface area contributed by atoms with E-state index in [2.05, 4.69) is 37.4 Å². The van der Waals surface area contributed by atoms with Crippen LogP contribution in [0.2, 0.25) is 0 Å². The lowest BCUT2D eigenvalue weighted by molar-refractivity contribution is 0.237. The van der Waals surface area contributed by atoms with Crippen LogP contribution in [-0.2, 0) is 6.54 Å². The molecule has 1 fully saturated rings. The maximum atomic E-state index is 4.31. The van der Waals surface area contributed by atoms with E-state index in [1.54, 1.807) is 0 Å². The fourth-order valence-electron chi connectivity index (χ4n) is 2.96. The molecule has 1 aromatic heterocycles. The summed E-state index contributed by atoms with van der Waals surface area (Å²) in [6, 6.07) is 0.733. The first-order chi connectivity index (χ1) is 8.65. The van der Waals surface area contributed by atoms with E-state index in [1.807, 2.05) is 10.9 Å². The van der Waals surface area contributed by atoms with Gasteiger partial charge < -0.3 is 5.32 Å². The monoisotopic (exact) mass is 249 g/mol. The Morgan fingerprint density at radius 2 is 2.06 bits per heavy atom. The molecule has 1 aromatic rings. The molecule has 0 bridgehead atoms. The minimum absolute atomic E-state index is 0.733. The number of rotatable bonds is 5. The first-order valence-corrected chi connectivity index (χ1v) is 7.37. The van der Waals surface area contributed by atoms with Crippen LogP contribution in [0, 0.1) is 18.8 Å². The molecule has 1 heterocycles. The molecule has 18 heavy (non-hydrogen) atoms. The molecule has 0 atom stereocenters. The molecule has 0 aromatic carbocycles. The van der Waals surface area contributed by atoms with Gasteiger partial charge in [-0.05, 0) is 50.0 Å². The Balaban J connectivity index is 1.63. The van der Waals surface area contributed by atoms with Crippen LogP contribution in [0.1, 0.15) is 45.1 Å². The van der Waals surface area contributed by atoms with Crippen molar-refractivity contribution in [2.45, 2.75) is 59.0 Å². The van der Waals surface area contributed by atoms with Crippen LogP contribution in [0.25, 0.3) is 0 Å². The van der Waals surface area contributed by atoms with Crippen LogP contribution in [0.5, 0.6) is 0 Å². The van der Waals surface area contributed by atoms with Gasteiger partial charge in [0.05, 0.1) is 12.7 Å². The lowest BCUT2D eigenvalue weighted by atomic mass is 9.80. The highest BCUT2D eigenvalue weighted by molar-refractivity contribution is 4.99. The van der Waals surface area contributed by atoms with Crippen LogP contribution in [0.4, 0.5) is 0 Å². The second kappa shape index (κ2) is 6.37. The van der Waals surface area contributed by atoms with Gasteiger partial charge in [0.2, 0.25) is 0 Å². The van der Waals surface area contributed by atoms with Gasteiger partial charge in [0.25, 0.3) is 0 Å². The van der Waals surface area contributed by atoms with Gasteiger partial charge in [-0.3, -0.25) is 4.68 Å². The average Bonchev–Trinajstić information content (AvgIpc) is 2.76. The minimum atomic E-state index is 0.733. The predicted octanol–water partition coefficient (Wildman–Crippen LogP) is 3.00. The smallest absolute Gasteiger partial charge is 0.0534 e. The van der Waals surface area contributed by atoms with Crippen molar-refractivity contribution in [2.24, 2.45) is 11.8 Å². The number of hydrogen-bond donors (Lipinski definition) is 1. The molecular weight excluding hydrogens is 222 g/mol. The highest BCUT2D eigenvalue weighted by atomic mass is 15.3. The van der Waals surface area contributed by atoms with Crippen LogP contribution < -0.4 is 5.32 Å². The fourth-order valence-corrected chi connectivity index (χ4v) is 2.96. The molecule has 0 amide bonds. The Bertz CT molecular complexity index is 348. The van der Waals surface area contributed by atoms with E-state index in [-0.39, 0.29) is 0 Å². The lowest BCUT2D eigenvalue weighted by Gasteiger charge is -2.31. The standard InChI is InChI=1S/C15H27N3/c1-12(2)14-4-6-15(7-5-14)16-8-9-18-11-13(3)10-17-18/h10-12,14-16H,4-9H2,1-3H3. The van der Waals surface area contributed by atoms with E-state index in [0.717, 1.165) is 31.0 Å². The van der Waals surface area contributed by atoms with Gasteiger partial charge in [-0.2, -0.15) is 5.10 Å². The molecular formula is C15H27N3. The van der Waals surface area contributed by atoms with Gasteiger partial charge in [0.15, 0.2) is 0 Å². The third kappa shape index (κ3) is 3.84. The molecule has 102 valence electrons. The zero-order valence-corrected chi connectivity index (χ0v) is 12.0. The number of nitrogens with zero attached hydrogens (tertiary/aromatic N) is 2. The largest absolute Gasteiger partial charge is 0.312 e. The van der Waals surface area contributed by atoms with E-state index in [0.29, 0.717) is 0 Å². The summed E-state index contributed by atoms with van der Waals surface area (Å²) in [5.41, 5.74) is 1.24. The van der Waals surface area contributed by atoms with Gasteiger partial charge >= 0.3 is 0 Å². The van der Waals surface area contributed by atoms with Crippen molar-refractivity contribution in [3.05, 3.63) is 18.0 Å². The summed E-state index contributed by atoms with van der Waals surface area (Å²) in [5, 5.41) is 7.99. The molecule has 0 unspecified atom stereocenters. The highest BCUT2D eigenvalue weighted by Gasteiger charge is 2.22. The Morgan fingerprint density at radius 3 is 2.61 bits per heavy atom. The topological polar surface area (TPSA) is 29.9 Å². The third-order valence-corrected chi connectivity index (χ3v) is 4.25. The molecule has 1 N–H and O–H groups in total. The molecule has 0 spiro atoms. The molecule has 0 saturated heterocycles. The first-order valence-electron chi connectivity index (χ1n) is 7.37. The van der Waals surface area contributed by atoms with Crippen molar-refractivity contribution in [3.63, 3.8) is 0 Å². The van der Waals surface area contributed by atoms with Gasteiger partial charge in [0, 0.05) is 18.8 Å². The van der Waals surface area contributed by atoms with Gasteiger partial charge in [-0.15, -0.1) is 0 Å². The van der Waals surface area contributed by atoms with Crippen LogP contribution >= 0.6 is 0 Å². The summed E-state index contributed by atoms with van der Waals surface area (Å²) in [6.45, 7) is 8.83. The van der Waals surface area contributed by atoms with Crippen molar-refractivity contribution < 1.29 is 0 Å². The van der Waals surface area contributed by atoms with E-state index in [9.17, 15) is 0 Å². The summed E-state index contributed by atoms with van der Waals surface area (Å²) < 4.78 is 2.03. The van der Waals surface area contributed by atoms with Crippen molar-refractivity contribution in [1.82, 2.24) is 15.1 Å². The Hall–Kier alpha value is -0.830. The summed E-state index contributed by atoms with van der Waals surface area (Å²) >= 11 is 0. The maximum absolute atomic E-state index is 4.31. The van der Waals surface area contributed by atoms with E-state index in [4.69, 9.17) is 0 Å². The van der Waals surface area contributed by atoms with Crippen molar-refractivity contribution in [1.29, 1.82) is 0 Å². The van der Waals surface area contributed by atoms with Crippen LogP contribution in [0.15, 0.2) is 12.4 Å². The molecule has 3 heteroatoms. The SMILES string of the molecule is Cc1cnn(CCNC2CCC(C(C)C)CC2)c1. The Labute approximate surface area is 111 Å². The second-order valence-electron chi connectivity index (χ2n) is 6.09. The van der Waals surface area contributed by atoms with E-state index >= 15 is 0 Å². The first kappa shape index (κ1) is 13.6. The Kier molecular flexibility index (Phi) is 4.81. The number of aromatic nitrogens is 2. The summed E-state index contributed by atoms with van der Waals surface area (Å²) in [6.07, 6.45) is 9.53. The van der Waals surface area contributed by atoms with E-state index < -0.39 is 0 Å². The summed E-state index contributed by atoms with van der Waals surface area (Å²) in [7, 11) is 0. The van der Waals surface area contributed by atoms with Crippen molar-refractivity contribution in [3.8, 4) is 0 Å². The average molecular weight is 249 g/mol. The molecule has 1 aliphatic rings. The van der Waals surface area contributed by atoms with Crippen molar-refractivity contribution >= 4 is 0 Å². The maximum Gasteiger partial charge on any atom is 0.0534 e. The highest BCUT2D eigenvalue weighted by Crippen LogP contribution is 2.29. The van der Waals surface area contributed by atoms with Crippen LogP contribution in [0.3, 0.4) is 0 Å². The third-order valence-electron chi connectivity index (χ3n) is 4.25. The quantitative estimate of drug-likeness (QED) is 0.869. The zero-order chi connectivity index (χ0) is 13.0. The number of nitrogens with one attached hydrogen (secondary N) is 1. The van der Waals surface area contributed by atoms with Crippen molar-refractivity contribution in [2.75, 3.05) is 6.54 Å². The number of aryl methyl sites for hydroxylation is 1. The molecule has 1 aliphatic carbocycles. The predicted molar refractivity (Wildman–Crippen MR) is 75.6 cm³/mol. The summed E-state index contributed by atoms with van der Waals surface area (Å²) in [5.74, 6) is 1.81. The summed E-state index contributed by atoms with van der Waals surface area (Å²) in [4.78, 5) is 0.